The van der Waals surface area contributed by atoms with Gasteiger partial charge >= 0.3 is 12.1 Å². The Morgan fingerprint density at radius 1 is 1.07 bits per heavy atom. The van der Waals surface area contributed by atoms with Crippen LogP contribution >= 0.6 is 0 Å². The van der Waals surface area contributed by atoms with Gasteiger partial charge in [0.1, 0.15) is 5.60 Å². The highest BCUT2D eigenvalue weighted by molar-refractivity contribution is 6.74. The van der Waals surface area contributed by atoms with E-state index in [0.717, 1.165) is 5.56 Å². The largest absolute Gasteiger partial charge is 0.481 e. The van der Waals surface area contributed by atoms with E-state index in [2.05, 4.69) is 39.2 Å². The Balaban J connectivity index is 3.20. The second-order valence-corrected chi connectivity index (χ2v) is 15.0. The van der Waals surface area contributed by atoms with Crippen LogP contribution in [0.3, 0.4) is 0 Å². The van der Waals surface area contributed by atoms with E-state index in [1.807, 2.05) is 51.1 Å². The lowest BCUT2D eigenvalue weighted by molar-refractivity contribution is -0.137. The van der Waals surface area contributed by atoms with Crippen LogP contribution in [0.4, 0.5) is 4.79 Å². The van der Waals surface area contributed by atoms with E-state index in [-0.39, 0.29) is 11.5 Å². The summed E-state index contributed by atoms with van der Waals surface area (Å²) in [6, 6.07) is 9.40. The van der Waals surface area contributed by atoms with Gasteiger partial charge in [0.25, 0.3) is 0 Å². The maximum absolute atomic E-state index is 12.6. The van der Waals surface area contributed by atoms with Crippen LogP contribution in [0.15, 0.2) is 30.3 Å². The molecule has 30 heavy (non-hydrogen) atoms. The first-order chi connectivity index (χ1) is 13.6. The Hall–Kier alpha value is -1.86. The molecule has 0 heterocycles. The predicted molar refractivity (Wildman–Crippen MR) is 122 cm³/mol. The van der Waals surface area contributed by atoms with E-state index >= 15 is 0 Å². The summed E-state index contributed by atoms with van der Waals surface area (Å²) >= 11 is 0. The molecular weight excluding hydrogens is 398 g/mol. The summed E-state index contributed by atoms with van der Waals surface area (Å²) < 4.78 is 12.1. The van der Waals surface area contributed by atoms with Crippen molar-refractivity contribution in [2.75, 3.05) is 0 Å². The summed E-state index contributed by atoms with van der Waals surface area (Å²) in [5, 5.41) is 12.2. The minimum atomic E-state index is -2.20. The molecule has 2 atom stereocenters. The number of benzene rings is 1. The van der Waals surface area contributed by atoms with Crippen LogP contribution in [0.25, 0.3) is 0 Å². The van der Waals surface area contributed by atoms with Gasteiger partial charge in [0.2, 0.25) is 0 Å². The molecule has 1 rings (SSSR count). The van der Waals surface area contributed by atoms with Crippen molar-refractivity contribution < 1.29 is 23.9 Å². The normalized spacial score (nSPS) is 14.7. The molecule has 1 aromatic rings. The molecule has 0 saturated heterocycles. The number of hydrogen-bond donors (Lipinski definition) is 2. The summed E-state index contributed by atoms with van der Waals surface area (Å²) in [6.45, 7) is 16.1. The third-order valence-electron chi connectivity index (χ3n) is 5.34. The second-order valence-electron chi connectivity index (χ2n) is 10.3. The molecule has 0 radical (unpaired) electrons. The van der Waals surface area contributed by atoms with Crippen molar-refractivity contribution in [2.24, 2.45) is 0 Å². The molecule has 0 aliphatic rings. The predicted octanol–water partition coefficient (Wildman–Crippen LogP) is 5.38. The SMILES string of the molecule is CC(C)(C)OC(=O)NC(Cc1ccccc1)[C@H](CCC(=O)O)O[Si](C)(C)C(C)(C)C. The van der Waals surface area contributed by atoms with Gasteiger partial charge in [0.15, 0.2) is 8.32 Å². The van der Waals surface area contributed by atoms with Crippen molar-refractivity contribution in [3.05, 3.63) is 35.9 Å². The van der Waals surface area contributed by atoms with E-state index in [0.29, 0.717) is 12.8 Å². The Kier molecular flexibility index (Phi) is 9.11. The van der Waals surface area contributed by atoms with Gasteiger partial charge in [-0.3, -0.25) is 4.79 Å². The summed E-state index contributed by atoms with van der Waals surface area (Å²) in [5.74, 6) is -0.880. The summed E-state index contributed by atoms with van der Waals surface area (Å²) in [7, 11) is -2.20. The van der Waals surface area contributed by atoms with Crippen molar-refractivity contribution in [2.45, 2.75) is 96.7 Å². The van der Waals surface area contributed by atoms with Crippen molar-refractivity contribution in [3.63, 3.8) is 0 Å². The first kappa shape index (κ1) is 26.2. The Labute approximate surface area is 182 Å². The number of carboxylic acid groups (broad SMARTS) is 1. The zero-order valence-electron chi connectivity index (χ0n) is 19.7. The number of rotatable bonds is 9. The molecule has 1 amide bonds. The number of carbonyl (C=O) groups is 2. The highest BCUT2D eigenvalue weighted by atomic mass is 28.4. The minimum Gasteiger partial charge on any atom is -0.481 e. The van der Waals surface area contributed by atoms with Crippen molar-refractivity contribution in [1.82, 2.24) is 5.32 Å². The van der Waals surface area contributed by atoms with Gasteiger partial charge < -0.3 is 19.6 Å². The summed E-state index contributed by atoms with van der Waals surface area (Å²) in [4.78, 5) is 23.9. The molecule has 0 bridgehead atoms. The lowest BCUT2D eigenvalue weighted by Gasteiger charge is -2.41. The van der Waals surface area contributed by atoms with Gasteiger partial charge in [0, 0.05) is 6.42 Å². The number of hydrogen-bond acceptors (Lipinski definition) is 4. The lowest BCUT2D eigenvalue weighted by atomic mass is 9.98. The van der Waals surface area contributed by atoms with Crippen LogP contribution in [0.1, 0.15) is 59.9 Å². The van der Waals surface area contributed by atoms with E-state index in [4.69, 9.17) is 9.16 Å². The molecule has 0 aromatic heterocycles. The Morgan fingerprint density at radius 2 is 1.63 bits per heavy atom. The molecule has 6 nitrogen and oxygen atoms in total. The number of aliphatic carboxylic acids is 1. The fraction of sp³-hybridized carbons (Fsp3) is 0.652. The molecule has 0 fully saturated rings. The van der Waals surface area contributed by atoms with Gasteiger partial charge in [-0.15, -0.1) is 0 Å². The Morgan fingerprint density at radius 3 is 2.10 bits per heavy atom. The molecule has 1 unspecified atom stereocenters. The number of carboxylic acids is 1. The summed E-state index contributed by atoms with van der Waals surface area (Å²) in [6.07, 6.45) is -0.147. The maximum Gasteiger partial charge on any atom is 0.407 e. The van der Waals surface area contributed by atoms with Crippen LogP contribution in [-0.2, 0) is 20.4 Å². The van der Waals surface area contributed by atoms with Crippen LogP contribution in [0.5, 0.6) is 0 Å². The van der Waals surface area contributed by atoms with Crippen LogP contribution in [0.2, 0.25) is 18.1 Å². The molecule has 1 aromatic carbocycles. The maximum atomic E-state index is 12.6. The molecule has 0 aliphatic carbocycles. The molecule has 170 valence electrons. The number of amides is 1. The van der Waals surface area contributed by atoms with Gasteiger partial charge in [0.05, 0.1) is 12.1 Å². The number of nitrogens with one attached hydrogen (secondary N) is 1. The minimum absolute atomic E-state index is 0.0272. The molecule has 7 heteroatoms. The van der Waals surface area contributed by atoms with E-state index in [1.54, 1.807) is 0 Å². The smallest absolute Gasteiger partial charge is 0.407 e. The number of alkyl carbamates (subject to hydrolysis) is 1. The molecule has 0 saturated carbocycles. The third-order valence-corrected chi connectivity index (χ3v) is 9.85. The first-order valence-corrected chi connectivity index (χ1v) is 13.4. The van der Waals surface area contributed by atoms with Crippen molar-refractivity contribution in [3.8, 4) is 0 Å². The van der Waals surface area contributed by atoms with Gasteiger partial charge in [-0.2, -0.15) is 0 Å². The van der Waals surface area contributed by atoms with E-state index < -0.39 is 38.1 Å². The zero-order chi connectivity index (χ0) is 23.2. The van der Waals surface area contributed by atoms with Crippen LogP contribution in [-0.4, -0.2) is 43.2 Å². The standard InChI is InChI=1S/C23H39NO5Si/c1-22(2,3)28-21(27)24-18(16-17-12-10-9-11-13-17)19(14-15-20(25)26)29-30(7,8)23(4,5)6/h9-13,18-19H,14-16H2,1-8H3,(H,24,27)(H,25,26)/t18?,19-/m0/s1. The average Bonchev–Trinajstić information content (AvgIpc) is 2.56. The molecular formula is C23H39NO5Si. The average molecular weight is 438 g/mol. The lowest BCUT2D eigenvalue weighted by Crippen LogP contribution is -2.53. The fourth-order valence-corrected chi connectivity index (χ4v) is 4.16. The molecule has 0 spiro atoms. The van der Waals surface area contributed by atoms with E-state index in [9.17, 15) is 14.7 Å². The van der Waals surface area contributed by atoms with Gasteiger partial charge in [-0.05, 0) is 57.3 Å². The topological polar surface area (TPSA) is 84.9 Å². The van der Waals surface area contributed by atoms with Crippen molar-refractivity contribution >= 4 is 20.4 Å². The quantitative estimate of drug-likeness (QED) is 0.507. The monoisotopic (exact) mass is 437 g/mol. The first-order valence-electron chi connectivity index (χ1n) is 10.5. The highest BCUT2D eigenvalue weighted by Crippen LogP contribution is 2.38. The number of ether oxygens (including phenoxy) is 1. The summed E-state index contributed by atoms with van der Waals surface area (Å²) in [5.41, 5.74) is 0.413. The number of carbonyl (C=O) groups excluding carboxylic acids is 1. The highest BCUT2D eigenvalue weighted by Gasteiger charge is 2.41. The second kappa shape index (κ2) is 10.4. The molecule has 0 aliphatic heterocycles. The Bertz CT molecular complexity index is 692. The third kappa shape index (κ3) is 9.30. The fourth-order valence-electron chi connectivity index (χ4n) is 2.77. The van der Waals surface area contributed by atoms with Crippen molar-refractivity contribution in [1.29, 1.82) is 0 Å². The zero-order valence-corrected chi connectivity index (χ0v) is 20.7. The molecule has 2 N–H and O–H groups in total. The van der Waals surface area contributed by atoms with Crippen LogP contribution < -0.4 is 5.32 Å². The van der Waals surface area contributed by atoms with E-state index in [1.165, 1.54) is 0 Å². The van der Waals surface area contributed by atoms with Crippen LogP contribution in [0, 0.1) is 0 Å². The van der Waals surface area contributed by atoms with Gasteiger partial charge in [-0.1, -0.05) is 51.1 Å². The van der Waals surface area contributed by atoms with Gasteiger partial charge in [-0.25, -0.2) is 4.79 Å².